The van der Waals surface area contributed by atoms with E-state index >= 15 is 0 Å². The summed E-state index contributed by atoms with van der Waals surface area (Å²) in [4.78, 5) is 8.90. The topological polar surface area (TPSA) is 25.8 Å². The van der Waals surface area contributed by atoms with Crippen LogP contribution in [0.25, 0.3) is 0 Å². The smallest absolute Gasteiger partial charge is 0.128 e. The van der Waals surface area contributed by atoms with E-state index in [9.17, 15) is 0 Å². The molecular weight excluding hydrogens is 172 g/mol. The van der Waals surface area contributed by atoms with Gasteiger partial charge in [0.05, 0.1) is 0 Å². The van der Waals surface area contributed by atoms with E-state index in [-0.39, 0.29) is 0 Å². The number of nitrogens with zero attached hydrogens (tertiary/aromatic N) is 2. The van der Waals surface area contributed by atoms with Gasteiger partial charge in [0, 0.05) is 18.3 Å². The van der Waals surface area contributed by atoms with Crippen molar-refractivity contribution >= 4 is 0 Å². The van der Waals surface area contributed by atoms with Gasteiger partial charge < -0.3 is 0 Å². The summed E-state index contributed by atoms with van der Waals surface area (Å²) in [6.07, 6.45) is 6.81. The molecule has 1 aromatic heterocycles. The highest BCUT2D eigenvalue weighted by atomic mass is 14.9. The van der Waals surface area contributed by atoms with Gasteiger partial charge in [0.1, 0.15) is 5.82 Å². The van der Waals surface area contributed by atoms with Crippen molar-refractivity contribution < 1.29 is 0 Å². The number of rotatable bonds is 4. The average molecular weight is 190 g/mol. The third-order valence-corrected chi connectivity index (χ3v) is 2.55. The van der Waals surface area contributed by atoms with Crippen molar-refractivity contribution in [1.29, 1.82) is 0 Å². The molecular formula is C12H18N2. The minimum absolute atomic E-state index is 0.679. The molecule has 0 atom stereocenters. The standard InChI is InChI=1S/C12H18N2/c1-9(2)7-11-5-6-13-12(14-11)8-10-3-4-10/h5-6,9-10H,3-4,7-8H2,1-2H3. The quantitative estimate of drug-likeness (QED) is 0.729. The molecule has 2 heteroatoms. The molecule has 0 radical (unpaired) electrons. The van der Waals surface area contributed by atoms with Crippen molar-refractivity contribution in [3.63, 3.8) is 0 Å². The molecule has 1 aliphatic rings. The van der Waals surface area contributed by atoms with Crippen LogP contribution in [-0.4, -0.2) is 9.97 Å². The van der Waals surface area contributed by atoms with Crippen LogP contribution in [0.3, 0.4) is 0 Å². The summed E-state index contributed by atoms with van der Waals surface area (Å²) in [6.45, 7) is 4.45. The Bertz CT molecular complexity index is 284. The summed E-state index contributed by atoms with van der Waals surface area (Å²) in [5, 5.41) is 0. The van der Waals surface area contributed by atoms with Crippen molar-refractivity contribution in [2.24, 2.45) is 11.8 Å². The lowest BCUT2D eigenvalue weighted by Crippen LogP contribution is -2.02. The zero-order valence-electron chi connectivity index (χ0n) is 9.03. The van der Waals surface area contributed by atoms with Gasteiger partial charge in [0.2, 0.25) is 0 Å². The van der Waals surface area contributed by atoms with Gasteiger partial charge in [-0.2, -0.15) is 0 Å². The average Bonchev–Trinajstić information content (AvgIpc) is 2.87. The number of hydrogen-bond donors (Lipinski definition) is 0. The van der Waals surface area contributed by atoms with Crippen LogP contribution in [-0.2, 0) is 12.8 Å². The molecule has 1 aliphatic carbocycles. The van der Waals surface area contributed by atoms with Crippen LogP contribution in [0.15, 0.2) is 12.3 Å². The summed E-state index contributed by atoms with van der Waals surface area (Å²) in [5.74, 6) is 2.61. The second kappa shape index (κ2) is 4.07. The molecule has 1 fully saturated rings. The Hall–Kier alpha value is -0.920. The maximum Gasteiger partial charge on any atom is 0.128 e. The molecule has 1 saturated carbocycles. The molecule has 0 N–H and O–H groups in total. The third-order valence-electron chi connectivity index (χ3n) is 2.55. The van der Waals surface area contributed by atoms with Crippen molar-refractivity contribution in [3.05, 3.63) is 23.8 Å². The normalized spacial score (nSPS) is 16.2. The summed E-state index contributed by atoms with van der Waals surface area (Å²) >= 11 is 0. The van der Waals surface area contributed by atoms with Crippen LogP contribution in [0, 0.1) is 11.8 Å². The Morgan fingerprint density at radius 1 is 1.43 bits per heavy atom. The molecule has 0 amide bonds. The summed E-state index contributed by atoms with van der Waals surface area (Å²) in [5.41, 5.74) is 1.20. The van der Waals surface area contributed by atoms with E-state index in [1.54, 1.807) is 0 Å². The summed E-state index contributed by atoms with van der Waals surface area (Å²) in [6, 6.07) is 2.04. The molecule has 2 nitrogen and oxygen atoms in total. The lowest BCUT2D eigenvalue weighted by atomic mass is 10.1. The van der Waals surface area contributed by atoms with Crippen LogP contribution < -0.4 is 0 Å². The van der Waals surface area contributed by atoms with Crippen LogP contribution in [0.4, 0.5) is 0 Å². The maximum absolute atomic E-state index is 4.58. The Labute approximate surface area is 85.8 Å². The van der Waals surface area contributed by atoms with Crippen molar-refractivity contribution in [3.8, 4) is 0 Å². The summed E-state index contributed by atoms with van der Waals surface area (Å²) in [7, 11) is 0. The first kappa shape index (κ1) is 9.63. The number of hydrogen-bond acceptors (Lipinski definition) is 2. The Kier molecular flexibility index (Phi) is 2.80. The minimum Gasteiger partial charge on any atom is -0.241 e. The maximum atomic E-state index is 4.58. The highest BCUT2D eigenvalue weighted by Crippen LogP contribution is 2.31. The minimum atomic E-state index is 0.679. The van der Waals surface area contributed by atoms with Crippen LogP contribution in [0.2, 0.25) is 0 Å². The monoisotopic (exact) mass is 190 g/mol. The Morgan fingerprint density at radius 3 is 2.86 bits per heavy atom. The van der Waals surface area contributed by atoms with Crippen LogP contribution in [0.5, 0.6) is 0 Å². The Morgan fingerprint density at radius 2 is 2.21 bits per heavy atom. The van der Waals surface area contributed by atoms with Gasteiger partial charge in [-0.3, -0.25) is 0 Å². The van der Waals surface area contributed by atoms with Gasteiger partial charge in [0.15, 0.2) is 0 Å². The molecule has 0 bridgehead atoms. The van der Waals surface area contributed by atoms with Gasteiger partial charge in [-0.05, 0) is 37.2 Å². The summed E-state index contributed by atoms with van der Waals surface area (Å²) < 4.78 is 0. The molecule has 2 rings (SSSR count). The lowest BCUT2D eigenvalue weighted by Gasteiger charge is -2.05. The van der Waals surface area contributed by atoms with Crippen molar-refractivity contribution in [1.82, 2.24) is 9.97 Å². The van der Waals surface area contributed by atoms with Crippen molar-refractivity contribution in [2.75, 3.05) is 0 Å². The molecule has 0 unspecified atom stereocenters. The first-order chi connectivity index (χ1) is 6.74. The first-order valence-electron chi connectivity index (χ1n) is 5.55. The SMILES string of the molecule is CC(C)Cc1ccnc(CC2CC2)n1. The number of aromatic nitrogens is 2. The van der Waals surface area contributed by atoms with Gasteiger partial charge in [0.25, 0.3) is 0 Å². The highest BCUT2D eigenvalue weighted by molar-refractivity contribution is 5.04. The van der Waals surface area contributed by atoms with Crippen molar-refractivity contribution in [2.45, 2.75) is 39.5 Å². The van der Waals surface area contributed by atoms with E-state index in [0.717, 1.165) is 24.6 Å². The molecule has 14 heavy (non-hydrogen) atoms. The molecule has 0 aromatic carbocycles. The van der Waals surface area contributed by atoms with Crippen LogP contribution in [0.1, 0.15) is 38.2 Å². The largest absolute Gasteiger partial charge is 0.241 e. The second-order valence-corrected chi connectivity index (χ2v) is 4.71. The third kappa shape index (κ3) is 2.79. The molecule has 0 aliphatic heterocycles. The zero-order chi connectivity index (χ0) is 9.97. The van der Waals surface area contributed by atoms with E-state index in [1.165, 1.54) is 18.5 Å². The van der Waals surface area contributed by atoms with Crippen LogP contribution >= 0.6 is 0 Å². The first-order valence-corrected chi connectivity index (χ1v) is 5.55. The zero-order valence-corrected chi connectivity index (χ0v) is 9.03. The fourth-order valence-corrected chi connectivity index (χ4v) is 1.65. The fourth-order valence-electron chi connectivity index (χ4n) is 1.65. The second-order valence-electron chi connectivity index (χ2n) is 4.71. The predicted octanol–water partition coefficient (Wildman–Crippen LogP) is 2.63. The molecule has 76 valence electrons. The molecule has 0 saturated heterocycles. The molecule has 1 aromatic rings. The van der Waals surface area contributed by atoms with E-state index < -0.39 is 0 Å². The lowest BCUT2D eigenvalue weighted by molar-refractivity contribution is 0.627. The molecule has 1 heterocycles. The molecule has 0 spiro atoms. The van der Waals surface area contributed by atoms with E-state index in [0.29, 0.717) is 5.92 Å². The van der Waals surface area contributed by atoms with E-state index in [2.05, 4.69) is 23.8 Å². The van der Waals surface area contributed by atoms with Gasteiger partial charge in [-0.25, -0.2) is 9.97 Å². The Balaban J connectivity index is 2.01. The highest BCUT2D eigenvalue weighted by Gasteiger charge is 2.22. The van der Waals surface area contributed by atoms with E-state index in [1.807, 2.05) is 12.3 Å². The van der Waals surface area contributed by atoms with Gasteiger partial charge in [-0.15, -0.1) is 0 Å². The predicted molar refractivity (Wildman–Crippen MR) is 57.0 cm³/mol. The fraction of sp³-hybridized carbons (Fsp3) is 0.667. The van der Waals surface area contributed by atoms with Gasteiger partial charge in [-0.1, -0.05) is 13.8 Å². The van der Waals surface area contributed by atoms with Gasteiger partial charge >= 0.3 is 0 Å². The van der Waals surface area contributed by atoms with E-state index in [4.69, 9.17) is 0 Å².